The number of nitrogens with zero attached hydrogens (tertiary/aromatic N) is 2. The van der Waals surface area contributed by atoms with E-state index in [1.807, 2.05) is 35.2 Å². The molecule has 0 spiro atoms. The highest BCUT2D eigenvalue weighted by atomic mass is 16.5. The van der Waals surface area contributed by atoms with Crippen molar-refractivity contribution in [2.75, 3.05) is 39.3 Å². The molecule has 0 bridgehead atoms. The van der Waals surface area contributed by atoms with Gasteiger partial charge in [0.05, 0.1) is 5.57 Å². The summed E-state index contributed by atoms with van der Waals surface area (Å²) in [6, 6.07) is 7.85. The number of piperazine rings is 1. The quantitative estimate of drug-likeness (QED) is 0.852. The fraction of sp³-hybridized carbons (Fsp3) is 0.471. The first-order valence-corrected chi connectivity index (χ1v) is 7.72. The molecular formula is C17H22N2O2. The standard InChI is InChI=1S/C17H22N2O2/c1-2-7-18-8-10-19(11-9-18)17(20)15-12-14-5-3-4-6-16(14)21-13-15/h3-6,12H,2,7-11,13H2,1H3. The number of hydrogen-bond acceptors (Lipinski definition) is 3. The van der Waals surface area contributed by atoms with Crippen LogP contribution < -0.4 is 4.74 Å². The summed E-state index contributed by atoms with van der Waals surface area (Å²) in [7, 11) is 0. The van der Waals surface area contributed by atoms with Crippen LogP contribution in [0.4, 0.5) is 0 Å². The molecule has 0 aliphatic carbocycles. The second-order valence-electron chi connectivity index (χ2n) is 5.63. The molecule has 1 aromatic carbocycles. The van der Waals surface area contributed by atoms with Crippen molar-refractivity contribution in [3.05, 3.63) is 35.4 Å². The molecule has 1 saturated heterocycles. The van der Waals surface area contributed by atoms with Gasteiger partial charge in [0.25, 0.3) is 5.91 Å². The fourth-order valence-corrected chi connectivity index (χ4v) is 2.93. The monoisotopic (exact) mass is 286 g/mol. The van der Waals surface area contributed by atoms with E-state index >= 15 is 0 Å². The normalized spacial score (nSPS) is 18.7. The number of para-hydroxylation sites is 1. The smallest absolute Gasteiger partial charge is 0.253 e. The molecule has 2 aliphatic heterocycles. The average molecular weight is 286 g/mol. The zero-order valence-corrected chi connectivity index (χ0v) is 12.5. The number of carbonyl (C=O) groups is 1. The molecule has 0 aromatic heterocycles. The first-order chi connectivity index (χ1) is 10.3. The van der Waals surface area contributed by atoms with Gasteiger partial charge in [-0.3, -0.25) is 9.69 Å². The molecule has 0 radical (unpaired) electrons. The van der Waals surface area contributed by atoms with E-state index in [9.17, 15) is 4.79 Å². The largest absolute Gasteiger partial charge is 0.488 e. The van der Waals surface area contributed by atoms with Gasteiger partial charge >= 0.3 is 0 Å². The second kappa shape index (κ2) is 6.31. The van der Waals surface area contributed by atoms with Gasteiger partial charge in [-0.05, 0) is 25.1 Å². The zero-order chi connectivity index (χ0) is 14.7. The van der Waals surface area contributed by atoms with Crippen molar-refractivity contribution in [2.45, 2.75) is 13.3 Å². The molecule has 2 heterocycles. The van der Waals surface area contributed by atoms with Crippen molar-refractivity contribution in [1.29, 1.82) is 0 Å². The van der Waals surface area contributed by atoms with Crippen molar-refractivity contribution < 1.29 is 9.53 Å². The Morgan fingerprint density at radius 1 is 1.19 bits per heavy atom. The highest BCUT2D eigenvalue weighted by molar-refractivity contribution is 5.99. The maximum Gasteiger partial charge on any atom is 0.253 e. The van der Waals surface area contributed by atoms with Crippen molar-refractivity contribution >= 4 is 12.0 Å². The van der Waals surface area contributed by atoms with Gasteiger partial charge < -0.3 is 9.64 Å². The number of rotatable bonds is 3. The molecule has 4 nitrogen and oxygen atoms in total. The fourth-order valence-electron chi connectivity index (χ4n) is 2.93. The van der Waals surface area contributed by atoms with E-state index in [1.165, 1.54) is 6.42 Å². The lowest BCUT2D eigenvalue weighted by Gasteiger charge is -2.35. The summed E-state index contributed by atoms with van der Waals surface area (Å²) in [5, 5.41) is 0. The summed E-state index contributed by atoms with van der Waals surface area (Å²) in [6.45, 7) is 7.29. The van der Waals surface area contributed by atoms with Crippen LogP contribution in [-0.2, 0) is 4.79 Å². The Morgan fingerprint density at radius 2 is 1.95 bits per heavy atom. The second-order valence-corrected chi connectivity index (χ2v) is 5.63. The maximum atomic E-state index is 12.6. The highest BCUT2D eigenvalue weighted by Gasteiger charge is 2.25. The number of hydrogen-bond donors (Lipinski definition) is 0. The summed E-state index contributed by atoms with van der Waals surface area (Å²) >= 11 is 0. The van der Waals surface area contributed by atoms with Crippen LogP contribution in [0.15, 0.2) is 29.8 Å². The Morgan fingerprint density at radius 3 is 2.71 bits per heavy atom. The number of ether oxygens (including phenoxy) is 1. The van der Waals surface area contributed by atoms with Gasteiger partial charge in [-0.1, -0.05) is 25.1 Å². The predicted molar refractivity (Wildman–Crippen MR) is 83.2 cm³/mol. The Hall–Kier alpha value is -1.81. The Bertz CT molecular complexity index is 545. The summed E-state index contributed by atoms with van der Waals surface area (Å²) < 4.78 is 5.68. The molecule has 0 unspecified atom stereocenters. The summed E-state index contributed by atoms with van der Waals surface area (Å²) in [6.07, 6.45) is 3.14. The summed E-state index contributed by atoms with van der Waals surface area (Å²) in [5.74, 6) is 0.988. The van der Waals surface area contributed by atoms with Crippen LogP contribution in [-0.4, -0.2) is 55.0 Å². The predicted octanol–water partition coefficient (Wildman–Crippen LogP) is 2.02. The van der Waals surface area contributed by atoms with Gasteiger partial charge in [0.1, 0.15) is 12.4 Å². The SMILES string of the molecule is CCCN1CCN(C(=O)C2=Cc3ccccc3OC2)CC1. The maximum absolute atomic E-state index is 12.6. The van der Waals surface area contributed by atoms with Crippen LogP contribution in [0, 0.1) is 0 Å². The minimum absolute atomic E-state index is 0.126. The Labute approximate surface area is 126 Å². The topological polar surface area (TPSA) is 32.8 Å². The van der Waals surface area contributed by atoms with Crippen LogP contribution >= 0.6 is 0 Å². The molecule has 3 rings (SSSR count). The third kappa shape index (κ3) is 3.10. The lowest BCUT2D eigenvalue weighted by atomic mass is 10.1. The third-order valence-electron chi connectivity index (χ3n) is 4.11. The van der Waals surface area contributed by atoms with Crippen molar-refractivity contribution in [2.24, 2.45) is 0 Å². The van der Waals surface area contributed by atoms with Gasteiger partial charge in [-0.2, -0.15) is 0 Å². The first-order valence-electron chi connectivity index (χ1n) is 7.72. The lowest BCUT2D eigenvalue weighted by molar-refractivity contribution is -0.129. The highest BCUT2D eigenvalue weighted by Crippen LogP contribution is 2.26. The van der Waals surface area contributed by atoms with E-state index in [0.29, 0.717) is 6.61 Å². The first kappa shape index (κ1) is 14.1. The van der Waals surface area contributed by atoms with Gasteiger partial charge in [-0.15, -0.1) is 0 Å². The lowest BCUT2D eigenvalue weighted by Crippen LogP contribution is -2.49. The molecular weight excluding hydrogens is 264 g/mol. The zero-order valence-electron chi connectivity index (χ0n) is 12.5. The van der Waals surface area contributed by atoms with Gasteiger partial charge in [0, 0.05) is 31.7 Å². The van der Waals surface area contributed by atoms with E-state index in [0.717, 1.165) is 49.6 Å². The van der Waals surface area contributed by atoms with Gasteiger partial charge in [-0.25, -0.2) is 0 Å². The van der Waals surface area contributed by atoms with E-state index in [1.54, 1.807) is 0 Å². The molecule has 0 N–H and O–H groups in total. The van der Waals surface area contributed by atoms with E-state index in [-0.39, 0.29) is 5.91 Å². The van der Waals surface area contributed by atoms with Crippen LogP contribution in [0.3, 0.4) is 0 Å². The molecule has 0 atom stereocenters. The van der Waals surface area contributed by atoms with E-state index in [2.05, 4.69) is 11.8 Å². The minimum atomic E-state index is 0.126. The summed E-state index contributed by atoms with van der Waals surface area (Å²) in [5.41, 5.74) is 1.76. The van der Waals surface area contributed by atoms with Crippen molar-refractivity contribution in [3.8, 4) is 5.75 Å². The molecule has 0 saturated carbocycles. The number of amides is 1. The third-order valence-corrected chi connectivity index (χ3v) is 4.11. The molecule has 21 heavy (non-hydrogen) atoms. The number of benzene rings is 1. The van der Waals surface area contributed by atoms with Crippen LogP contribution in [0.1, 0.15) is 18.9 Å². The van der Waals surface area contributed by atoms with Gasteiger partial charge in [0.15, 0.2) is 0 Å². The van der Waals surface area contributed by atoms with Crippen LogP contribution in [0.2, 0.25) is 0 Å². The van der Waals surface area contributed by atoms with E-state index in [4.69, 9.17) is 4.74 Å². The molecule has 1 amide bonds. The van der Waals surface area contributed by atoms with Crippen LogP contribution in [0.25, 0.3) is 6.08 Å². The van der Waals surface area contributed by atoms with Crippen molar-refractivity contribution in [3.63, 3.8) is 0 Å². The molecule has 2 aliphatic rings. The average Bonchev–Trinajstić information content (AvgIpc) is 2.55. The molecule has 1 aromatic rings. The van der Waals surface area contributed by atoms with Gasteiger partial charge in [0.2, 0.25) is 0 Å². The van der Waals surface area contributed by atoms with E-state index < -0.39 is 0 Å². The Balaban J connectivity index is 1.66. The van der Waals surface area contributed by atoms with Crippen molar-refractivity contribution in [1.82, 2.24) is 9.80 Å². The molecule has 4 heteroatoms. The van der Waals surface area contributed by atoms with Crippen LogP contribution in [0.5, 0.6) is 5.75 Å². The molecule has 1 fully saturated rings. The summed E-state index contributed by atoms with van der Waals surface area (Å²) in [4.78, 5) is 17.0. The minimum Gasteiger partial charge on any atom is -0.488 e. The number of carbonyl (C=O) groups excluding carboxylic acids is 1. The number of fused-ring (bicyclic) bond motifs is 1. The Kier molecular flexibility index (Phi) is 4.25. The molecule has 112 valence electrons.